The predicted octanol–water partition coefficient (Wildman–Crippen LogP) is 9.32. The fraction of sp³-hybridized carbons (Fsp3) is 0.444. The number of nitrogens with zero attached hydrogens (tertiary/aromatic N) is 1. The van der Waals surface area contributed by atoms with E-state index in [2.05, 4.69) is 112 Å². The molecule has 0 saturated carbocycles. The number of anilines is 1. The normalized spacial score (nSPS) is 18.5. The molecule has 4 rings (SSSR count). The molecule has 0 atom stereocenters. The van der Waals surface area contributed by atoms with E-state index in [1.807, 2.05) is 13.8 Å². The highest BCUT2D eigenvalue weighted by Gasteiger charge is 2.37. The van der Waals surface area contributed by atoms with E-state index in [0.29, 0.717) is 5.78 Å². The Morgan fingerprint density at radius 1 is 0.895 bits per heavy atom. The minimum Gasteiger partial charge on any atom is -0.347 e. The van der Waals surface area contributed by atoms with Crippen LogP contribution in [0.15, 0.2) is 83.8 Å². The molecule has 1 heterocycles. The van der Waals surface area contributed by atoms with Gasteiger partial charge in [0.05, 0.1) is 0 Å². The molecule has 0 saturated heterocycles. The number of ketones is 1. The van der Waals surface area contributed by atoms with E-state index < -0.39 is 0 Å². The Labute approximate surface area is 230 Å². The summed E-state index contributed by atoms with van der Waals surface area (Å²) >= 11 is 0. The molecule has 0 bridgehead atoms. The minimum absolute atomic E-state index is 0.0282. The summed E-state index contributed by atoms with van der Waals surface area (Å²) in [5.41, 5.74) is 13.0. The fourth-order valence-electron chi connectivity index (χ4n) is 6.05. The summed E-state index contributed by atoms with van der Waals surface area (Å²) in [6, 6.07) is 17.6. The van der Waals surface area contributed by atoms with Crippen molar-refractivity contribution in [3.05, 3.63) is 100 Å². The predicted molar refractivity (Wildman–Crippen MR) is 163 cm³/mol. The number of likely N-dealkylation sites (N-methyl/N-ethyl adjacent to an activating group) is 1. The van der Waals surface area contributed by atoms with Crippen LogP contribution in [-0.4, -0.2) is 12.8 Å². The zero-order valence-corrected chi connectivity index (χ0v) is 24.5. The molecule has 0 aromatic heterocycles. The van der Waals surface area contributed by atoms with Gasteiger partial charge in [-0.3, -0.25) is 4.79 Å². The Morgan fingerprint density at radius 3 is 2.26 bits per heavy atom. The van der Waals surface area contributed by atoms with Crippen molar-refractivity contribution >= 4 is 17.0 Å². The van der Waals surface area contributed by atoms with Crippen LogP contribution in [0.2, 0.25) is 0 Å². The van der Waals surface area contributed by atoms with E-state index in [1.165, 1.54) is 39.2 Å². The molecule has 0 amide bonds. The van der Waals surface area contributed by atoms with Gasteiger partial charge in [-0.2, -0.15) is 0 Å². The maximum atomic E-state index is 11.9. The van der Waals surface area contributed by atoms with Crippen LogP contribution in [0, 0.1) is 5.92 Å². The summed E-state index contributed by atoms with van der Waals surface area (Å²) in [5, 5.41) is 0. The van der Waals surface area contributed by atoms with Crippen molar-refractivity contribution < 1.29 is 4.79 Å². The maximum Gasteiger partial charge on any atom is 0.135 e. The number of allylic oxidation sites excluding steroid dienone is 5. The van der Waals surface area contributed by atoms with Crippen LogP contribution >= 0.6 is 0 Å². The molecule has 1 aliphatic heterocycles. The quantitative estimate of drug-likeness (QED) is 0.236. The van der Waals surface area contributed by atoms with Gasteiger partial charge < -0.3 is 4.90 Å². The zero-order valence-electron chi connectivity index (χ0n) is 24.5. The summed E-state index contributed by atoms with van der Waals surface area (Å²) in [7, 11) is 2.17. The van der Waals surface area contributed by atoms with Crippen molar-refractivity contribution in [3.8, 4) is 0 Å². The Bertz CT molecular complexity index is 1310. The number of hydrogen-bond donors (Lipinski definition) is 0. The van der Waals surface area contributed by atoms with Gasteiger partial charge in [0.1, 0.15) is 5.78 Å². The van der Waals surface area contributed by atoms with E-state index in [0.717, 1.165) is 38.5 Å². The summed E-state index contributed by atoms with van der Waals surface area (Å²) < 4.78 is 0. The fourth-order valence-corrected chi connectivity index (χ4v) is 6.05. The first-order chi connectivity index (χ1) is 18.0. The van der Waals surface area contributed by atoms with E-state index >= 15 is 0 Å². The minimum atomic E-state index is -0.105. The number of hydrogen-bond acceptors (Lipinski definition) is 2. The highest BCUT2D eigenvalue weighted by Crippen LogP contribution is 2.47. The van der Waals surface area contributed by atoms with Crippen LogP contribution in [0.25, 0.3) is 5.57 Å². The number of unbranched alkanes of at least 4 members (excludes halogenated alkanes) is 3. The van der Waals surface area contributed by atoms with Gasteiger partial charge in [0.25, 0.3) is 0 Å². The molecule has 38 heavy (non-hydrogen) atoms. The van der Waals surface area contributed by atoms with E-state index in [1.54, 1.807) is 0 Å². The number of fused-ring (bicyclic) bond motifs is 2. The standard InChI is InChI=1S/C36H45NO/c1-26(2)33(38)23-11-9-8-10-17-27-25-28(35(3,4)30-20-13-12-19-29(27)30)18-16-24-34-36(5,6)31-21-14-15-22-32(31)37(34)7/h12-16,18-22,24,26H,8-11,17,23H2,1-7H3. The summed E-state index contributed by atoms with van der Waals surface area (Å²) in [5.74, 6) is 0.548. The van der Waals surface area contributed by atoms with Gasteiger partial charge >= 0.3 is 0 Å². The third kappa shape index (κ3) is 5.52. The lowest BCUT2D eigenvalue weighted by Gasteiger charge is -2.32. The Morgan fingerprint density at radius 2 is 1.55 bits per heavy atom. The van der Waals surface area contributed by atoms with Crippen molar-refractivity contribution in [3.63, 3.8) is 0 Å². The first-order valence-corrected chi connectivity index (χ1v) is 14.4. The Kier molecular flexibility index (Phi) is 8.34. The van der Waals surface area contributed by atoms with Crippen LogP contribution in [0.4, 0.5) is 5.69 Å². The summed E-state index contributed by atoms with van der Waals surface area (Å²) in [6.45, 7) is 13.2. The molecule has 200 valence electrons. The van der Waals surface area contributed by atoms with E-state index in [4.69, 9.17) is 0 Å². The second-order valence-electron chi connectivity index (χ2n) is 12.3. The van der Waals surface area contributed by atoms with Crippen LogP contribution in [0.1, 0.15) is 96.8 Å². The topological polar surface area (TPSA) is 20.3 Å². The van der Waals surface area contributed by atoms with Gasteiger partial charge in [-0.15, -0.1) is 5.73 Å². The molecule has 0 spiro atoms. The molecule has 2 aromatic rings. The molecule has 0 N–H and O–H groups in total. The molecular weight excluding hydrogens is 462 g/mol. The SMILES string of the molecule is CC(C)C(=O)CCCCCCC1=C=C(C=CC=C2N(C)c3ccccc3C2(C)C)C(C)(C)c2ccccc21. The maximum absolute atomic E-state index is 11.9. The molecule has 2 heteroatoms. The molecule has 0 fully saturated rings. The lowest BCUT2D eigenvalue weighted by atomic mass is 9.71. The van der Waals surface area contributed by atoms with Crippen molar-refractivity contribution in [1.82, 2.24) is 0 Å². The number of benzene rings is 2. The molecule has 0 radical (unpaired) electrons. The third-order valence-electron chi connectivity index (χ3n) is 8.59. The van der Waals surface area contributed by atoms with Crippen LogP contribution < -0.4 is 4.90 Å². The van der Waals surface area contributed by atoms with Crippen molar-refractivity contribution in [2.75, 3.05) is 11.9 Å². The van der Waals surface area contributed by atoms with Gasteiger partial charge in [0, 0.05) is 52.7 Å². The van der Waals surface area contributed by atoms with Crippen LogP contribution in [-0.2, 0) is 15.6 Å². The molecule has 0 unspecified atom stereocenters. The first kappa shape index (κ1) is 27.9. The molecular formula is C36H45NO. The third-order valence-corrected chi connectivity index (χ3v) is 8.59. The van der Waals surface area contributed by atoms with Gasteiger partial charge in [0.2, 0.25) is 0 Å². The second-order valence-corrected chi connectivity index (χ2v) is 12.3. The lowest BCUT2D eigenvalue weighted by molar-refractivity contribution is -0.122. The number of para-hydroxylation sites is 1. The van der Waals surface area contributed by atoms with E-state index in [9.17, 15) is 4.79 Å². The first-order valence-electron chi connectivity index (χ1n) is 14.4. The lowest BCUT2D eigenvalue weighted by Crippen LogP contribution is -2.23. The Hall–Kier alpha value is -3.09. The monoisotopic (exact) mass is 507 g/mol. The second kappa shape index (κ2) is 11.3. The van der Waals surface area contributed by atoms with Crippen molar-refractivity contribution in [1.29, 1.82) is 0 Å². The van der Waals surface area contributed by atoms with Gasteiger partial charge in [-0.1, -0.05) is 109 Å². The highest BCUT2D eigenvalue weighted by atomic mass is 16.1. The van der Waals surface area contributed by atoms with Gasteiger partial charge in [-0.25, -0.2) is 0 Å². The number of rotatable bonds is 10. The van der Waals surface area contributed by atoms with Crippen molar-refractivity contribution in [2.45, 2.75) is 90.9 Å². The van der Waals surface area contributed by atoms with Gasteiger partial charge in [-0.05, 0) is 48.1 Å². The van der Waals surface area contributed by atoms with Crippen molar-refractivity contribution in [2.24, 2.45) is 5.92 Å². The average Bonchev–Trinajstić information content (AvgIpc) is 3.08. The summed E-state index contributed by atoms with van der Waals surface area (Å²) in [6.07, 6.45) is 12.9. The Balaban J connectivity index is 1.55. The van der Waals surface area contributed by atoms with E-state index in [-0.39, 0.29) is 16.7 Å². The number of Topliss-reactive ketones (excluding diaryl/α,β-unsaturated/α-hetero) is 1. The molecule has 2 aromatic carbocycles. The zero-order chi connectivity index (χ0) is 27.5. The van der Waals surface area contributed by atoms with Crippen LogP contribution in [0.5, 0.6) is 0 Å². The summed E-state index contributed by atoms with van der Waals surface area (Å²) in [4.78, 5) is 14.2. The molecule has 1 aliphatic carbocycles. The number of carbonyl (C=O) groups is 1. The van der Waals surface area contributed by atoms with Gasteiger partial charge in [0.15, 0.2) is 0 Å². The molecule has 2 nitrogen and oxygen atoms in total. The van der Waals surface area contributed by atoms with Crippen LogP contribution in [0.3, 0.4) is 0 Å². The largest absolute Gasteiger partial charge is 0.347 e. The number of carbonyl (C=O) groups excluding carboxylic acids is 1. The smallest absolute Gasteiger partial charge is 0.135 e. The average molecular weight is 508 g/mol. The highest BCUT2D eigenvalue weighted by molar-refractivity contribution is 5.80. The molecule has 2 aliphatic rings.